The second kappa shape index (κ2) is 9.36. The maximum atomic E-state index is 13.2. The Kier molecular flexibility index (Phi) is 6.33. The fourth-order valence-corrected chi connectivity index (χ4v) is 5.84. The largest absolute Gasteiger partial charge is 0.381 e. The van der Waals surface area contributed by atoms with Crippen LogP contribution < -0.4 is 5.32 Å². The number of piperidine rings is 1. The van der Waals surface area contributed by atoms with Gasteiger partial charge in [-0.25, -0.2) is 0 Å². The minimum absolute atomic E-state index is 0.126. The van der Waals surface area contributed by atoms with Gasteiger partial charge in [-0.2, -0.15) is 5.10 Å². The minimum atomic E-state index is 0.126. The lowest BCUT2D eigenvalue weighted by Gasteiger charge is -2.39. The van der Waals surface area contributed by atoms with Gasteiger partial charge in [-0.3, -0.25) is 9.48 Å². The number of rotatable bonds is 5. The van der Waals surface area contributed by atoms with Crippen molar-refractivity contribution in [1.82, 2.24) is 20.0 Å². The number of aryl methyl sites for hydroxylation is 1. The molecule has 0 radical (unpaired) electrons. The Morgan fingerprint density at radius 1 is 1.16 bits per heavy atom. The first-order valence-electron chi connectivity index (χ1n) is 12.4. The average Bonchev–Trinajstić information content (AvgIpc) is 3.19. The number of likely N-dealkylation sites (tertiary alicyclic amines) is 1. The molecule has 1 aliphatic carbocycles. The van der Waals surface area contributed by atoms with Gasteiger partial charge in [0.2, 0.25) is 0 Å². The normalized spacial score (nSPS) is 23.0. The molecule has 0 spiro atoms. The predicted molar refractivity (Wildman–Crippen MR) is 125 cm³/mol. The SMILES string of the molecule is Cn1nc(C(=O)N2CCCCC2)c2c1CCC(NCC1(c3ccccc3)CCOCC1)C2. The lowest BCUT2D eigenvalue weighted by molar-refractivity contribution is 0.0486. The van der Waals surface area contributed by atoms with Crippen molar-refractivity contribution >= 4 is 5.91 Å². The molecule has 1 N–H and O–H groups in total. The summed E-state index contributed by atoms with van der Waals surface area (Å²) in [6.07, 6.45) is 8.49. The fourth-order valence-electron chi connectivity index (χ4n) is 5.84. The van der Waals surface area contributed by atoms with Gasteiger partial charge in [-0.05, 0) is 56.9 Å². The molecule has 1 aromatic carbocycles. The molecular formula is C26H36N4O2. The molecular weight excluding hydrogens is 400 g/mol. The van der Waals surface area contributed by atoms with E-state index < -0.39 is 0 Å². The Bertz CT molecular complexity index is 927. The Hall–Kier alpha value is -2.18. The lowest BCUT2D eigenvalue weighted by Crippen LogP contribution is -2.47. The van der Waals surface area contributed by atoms with Crippen molar-refractivity contribution in [3.63, 3.8) is 0 Å². The van der Waals surface area contributed by atoms with Crippen LogP contribution in [0.1, 0.15) is 65.8 Å². The summed E-state index contributed by atoms with van der Waals surface area (Å²) < 4.78 is 7.66. The number of carbonyl (C=O) groups is 1. The summed E-state index contributed by atoms with van der Waals surface area (Å²) in [4.78, 5) is 15.3. The van der Waals surface area contributed by atoms with E-state index in [1.165, 1.54) is 23.2 Å². The van der Waals surface area contributed by atoms with Gasteiger partial charge < -0.3 is 15.0 Å². The van der Waals surface area contributed by atoms with Crippen molar-refractivity contribution in [2.24, 2.45) is 7.05 Å². The second-order valence-corrected chi connectivity index (χ2v) is 9.83. The Labute approximate surface area is 191 Å². The van der Waals surface area contributed by atoms with Crippen LogP contribution in [0.2, 0.25) is 0 Å². The molecule has 3 heterocycles. The number of hydrogen-bond donors (Lipinski definition) is 1. The quantitative estimate of drug-likeness (QED) is 0.782. The fraction of sp³-hybridized carbons (Fsp3) is 0.615. The van der Waals surface area contributed by atoms with Crippen molar-refractivity contribution in [2.75, 3.05) is 32.8 Å². The Balaban J connectivity index is 1.31. The molecule has 1 unspecified atom stereocenters. The van der Waals surface area contributed by atoms with Gasteiger partial charge in [-0.1, -0.05) is 30.3 Å². The molecule has 0 saturated carbocycles. The monoisotopic (exact) mass is 436 g/mol. The summed E-state index contributed by atoms with van der Waals surface area (Å²) in [6, 6.07) is 11.3. The smallest absolute Gasteiger partial charge is 0.274 e. The topological polar surface area (TPSA) is 59.4 Å². The van der Waals surface area contributed by atoms with Crippen molar-refractivity contribution in [3.05, 3.63) is 52.8 Å². The number of nitrogens with zero attached hydrogens (tertiary/aromatic N) is 3. The molecule has 6 nitrogen and oxygen atoms in total. The first-order chi connectivity index (χ1) is 15.7. The molecule has 2 saturated heterocycles. The number of carbonyl (C=O) groups excluding carboxylic acids is 1. The summed E-state index contributed by atoms with van der Waals surface area (Å²) in [7, 11) is 1.99. The van der Waals surface area contributed by atoms with Crippen LogP contribution in [0.3, 0.4) is 0 Å². The molecule has 172 valence electrons. The van der Waals surface area contributed by atoms with Crippen molar-refractivity contribution in [1.29, 1.82) is 0 Å². The third-order valence-corrected chi connectivity index (χ3v) is 7.87. The van der Waals surface area contributed by atoms with E-state index in [4.69, 9.17) is 9.84 Å². The number of ether oxygens (including phenoxy) is 1. The maximum Gasteiger partial charge on any atom is 0.274 e. The van der Waals surface area contributed by atoms with E-state index >= 15 is 0 Å². The van der Waals surface area contributed by atoms with Gasteiger partial charge in [0.1, 0.15) is 0 Å². The van der Waals surface area contributed by atoms with E-state index in [2.05, 4.69) is 35.6 Å². The summed E-state index contributed by atoms with van der Waals surface area (Å²) in [5.74, 6) is 0.132. The molecule has 1 aromatic heterocycles. The average molecular weight is 437 g/mol. The summed E-state index contributed by atoms with van der Waals surface area (Å²) in [6.45, 7) is 4.34. The zero-order valence-corrected chi connectivity index (χ0v) is 19.3. The number of hydrogen-bond acceptors (Lipinski definition) is 4. The highest BCUT2D eigenvalue weighted by atomic mass is 16.5. The first kappa shape index (κ1) is 21.7. The van der Waals surface area contributed by atoms with E-state index in [1.807, 2.05) is 16.6 Å². The standard InChI is InChI=1S/C26H36N4O2/c1-29-23-11-10-21(18-22(23)24(28-29)25(31)30-14-6-3-7-15-30)27-19-26(12-16-32-17-13-26)20-8-4-2-5-9-20/h2,4-5,8-9,21,27H,3,6-7,10-19H2,1H3. The zero-order valence-electron chi connectivity index (χ0n) is 19.3. The van der Waals surface area contributed by atoms with Crippen LogP contribution in [0.15, 0.2) is 30.3 Å². The lowest BCUT2D eigenvalue weighted by atomic mass is 9.73. The Morgan fingerprint density at radius 2 is 1.91 bits per heavy atom. The highest BCUT2D eigenvalue weighted by Crippen LogP contribution is 2.35. The molecule has 0 bridgehead atoms. The molecule has 1 atom stereocenters. The van der Waals surface area contributed by atoms with Crippen LogP contribution in [0.4, 0.5) is 0 Å². The van der Waals surface area contributed by atoms with E-state index in [0.717, 1.165) is 77.8 Å². The molecule has 1 amide bonds. The van der Waals surface area contributed by atoms with Crippen LogP contribution in [0.25, 0.3) is 0 Å². The molecule has 5 rings (SSSR count). The molecule has 3 aliphatic rings. The summed E-state index contributed by atoms with van der Waals surface area (Å²) in [5.41, 5.74) is 4.65. The number of benzene rings is 1. The number of aromatic nitrogens is 2. The molecule has 32 heavy (non-hydrogen) atoms. The van der Waals surface area contributed by atoms with Crippen LogP contribution >= 0.6 is 0 Å². The Morgan fingerprint density at radius 3 is 2.66 bits per heavy atom. The van der Waals surface area contributed by atoms with Gasteiger partial charge in [0.25, 0.3) is 5.91 Å². The van der Waals surface area contributed by atoms with E-state index in [9.17, 15) is 4.79 Å². The van der Waals surface area contributed by atoms with Crippen LogP contribution in [-0.2, 0) is 30.0 Å². The molecule has 2 aliphatic heterocycles. The highest BCUT2D eigenvalue weighted by Gasteiger charge is 2.36. The minimum Gasteiger partial charge on any atom is -0.381 e. The van der Waals surface area contributed by atoms with Gasteiger partial charge in [0, 0.05) is 62.6 Å². The third kappa shape index (κ3) is 4.23. The predicted octanol–water partition coefficient (Wildman–Crippen LogP) is 3.24. The molecule has 2 fully saturated rings. The summed E-state index contributed by atoms with van der Waals surface area (Å²) >= 11 is 0. The van der Waals surface area contributed by atoms with Crippen LogP contribution in [0, 0.1) is 0 Å². The van der Waals surface area contributed by atoms with Gasteiger partial charge >= 0.3 is 0 Å². The van der Waals surface area contributed by atoms with Crippen molar-refractivity contribution in [3.8, 4) is 0 Å². The van der Waals surface area contributed by atoms with Gasteiger partial charge in [0.15, 0.2) is 5.69 Å². The number of nitrogens with one attached hydrogen (secondary N) is 1. The van der Waals surface area contributed by atoms with Crippen molar-refractivity contribution < 1.29 is 9.53 Å². The van der Waals surface area contributed by atoms with E-state index in [0.29, 0.717) is 11.7 Å². The number of fused-ring (bicyclic) bond motifs is 1. The van der Waals surface area contributed by atoms with Gasteiger partial charge in [-0.15, -0.1) is 0 Å². The van der Waals surface area contributed by atoms with Gasteiger partial charge in [0.05, 0.1) is 0 Å². The highest BCUT2D eigenvalue weighted by molar-refractivity contribution is 5.94. The number of amides is 1. The van der Waals surface area contributed by atoms with Crippen LogP contribution in [-0.4, -0.2) is 59.5 Å². The molecule has 6 heteroatoms. The van der Waals surface area contributed by atoms with Crippen molar-refractivity contribution in [2.45, 2.75) is 62.8 Å². The summed E-state index contributed by atoms with van der Waals surface area (Å²) in [5, 5.41) is 8.60. The zero-order chi connectivity index (χ0) is 22.0. The van der Waals surface area contributed by atoms with E-state index in [1.54, 1.807) is 0 Å². The molecule has 2 aromatic rings. The third-order valence-electron chi connectivity index (χ3n) is 7.87. The van der Waals surface area contributed by atoms with Crippen LogP contribution in [0.5, 0.6) is 0 Å². The van der Waals surface area contributed by atoms with E-state index in [-0.39, 0.29) is 11.3 Å². The first-order valence-corrected chi connectivity index (χ1v) is 12.4. The second-order valence-electron chi connectivity index (χ2n) is 9.83. The maximum absolute atomic E-state index is 13.2.